The SMILES string of the molecule is CC1CC(N2C(=O)NC(=O)C(C)(C)C2=O)C1. The van der Waals surface area contributed by atoms with Gasteiger partial charge in [0, 0.05) is 6.04 Å². The van der Waals surface area contributed by atoms with Gasteiger partial charge in [-0.15, -0.1) is 0 Å². The molecule has 0 aromatic rings. The average Bonchev–Trinajstić information content (AvgIpc) is 2.13. The van der Waals surface area contributed by atoms with Gasteiger partial charge in [-0.05, 0) is 32.6 Å². The number of nitrogens with zero attached hydrogens (tertiary/aromatic N) is 1. The Morgan fingerprint density at radius 2 is 1.81 bits per heavy atom. The lowest BCUT2D eigenvalue weighted by Crippen LogP contribution is -2.66. The van der Waals surface area contributed by atoms with Crippen molar-refractivity contribution >= 4 is 17.8 Å². The molecule has 0 spiro atoms. The van der Waals surface area contributed by atoms with E-state index in [9.17, 15) is 14.4 Å². The zero-order valence-corrected chi connectivity index (χ0v) is 9.74. The summed E-state index contributed by atoms with van der Waals surface area (Å²) in [4.78, 5) is 36.4. The maximum absolute atomic E-state index is 12.1. The van der Waals surface area contributed by atoms with Crippen molar-refractivity contribution < 1.29 is 14.4 Å². The predicted octanol–water partition coefficient (Wildman–Crippen LogP) is 0.889. The number of nitrogens with one attached hydrogen (secondary N) is 1. The Morgan fingerprint density at radius 1 is 1.25 bits per heavy atom. The molecule has 0 aromatic heterocycles. The predicted molar refractivity (Wildman–Crippen MR) is 56.4 cm³/mol. The molecule has 0 bridgehead atoms. The molecule has 0 unspecified atom stereocenters. The second-order valence-electron chi connectivity index (χ2n) is 5.29. The maximum Gasteiger partial charge on any atom is 0.331 e. The zero-order valence-electron chi connectivity index (χ0n) is 9.74. The van der Waals surface area contributed by atoms with E-state index >= 15 is 0 Å². The van der Waals surface area contributed by atoms with E-state index in [4.69, 9.17) is 0 Å². The minimum atomic E-state index is -1.13. The van der Waals surface area contributed by atoms with Gasteiger partial charge in [0.2, 0.25) is 11.8 Å². The van der Waals surface area contributed by atoms with Crippen LogP contribution in [0, 0.1) is 11.3 Å². The minimum absolute atomic E-state index is 0.0325. The van der Waals surface area contributed by atoms with Crippen LogP contribution in [0.25, 0.3) is 0 Å². The van der Waals surface area contributed by atoms with Crippen LogP contribution in [-0.4, -0.2) is 28.8 Å². The van der Waals surface area contributed by atoms with Crippen molar-refractivity contribution in [1.29, 1.82) is 0 Å². The van der Waals surface area contributed by atoms with Crippen molar-refractivity contribution in [2.75, 3.05) is 0 Å². The van der Waals surface area contributed by atoms with Crippen LogP contribution in [0.5, 0.6) is 0 Å². The Kier molecular flexibility index (Phi) is 2.29. The van der Waals surface area contributed by atoms with E-state index in [1.807, 2.05) is 0 Å². The minimum Gasteiger partial charge on any atom is -0.277 e. The van der Waals surface area contributed by atoms with E-state index in [1.54, 1.807) is 13.8 Å². The van der Waals surface area contributed by atoms with Gasteiger partial charge in [-0.25, -0.2) is 4.79 Å². The smallest absolute Gasteiger partial charge is 0.277 e. The lowest BCUT2D eigenvalue weighted by atomic mass is 9.78. The molecule has 2 aliphatic rings. The van der Waals surface area contributed by atoms with Crippen LogP contribution in [-0.2, 0) is 9.59 Å². The molecule has 4 amide bonds. The van der Waals surface area contributed by atoms with E-state index in [0.29, 0.717) is 5.92 Å². The van der Waals surface area contributed by atoms with Gasteiger partial charge in [0.25, 0.3) is 0 Å². The molecule has 5 heteroatoms. The first-order valence-electron chi connectivity index (χ1n) is 5.53. The number of rotatable bonds is 1. The Labute approximate surface area is 94.2 Å². The van der Waals surface area contributed by atoms with Crippen LogP contribution >= 0.6 is 0 Å². The van der Waals surface area contributed by atoms with E-state index in [-0.39, 0.29) is 11.9 Å². The fourth-order valence-electron chi connectivity index (χ4n) is 2.21. The van der Waals surface area contributed by atoms with Crippen LogP contribution in [0.15, 0.2) is 0 Å². The van der Waals surface area contributed by atoms with Crippen LogP contribution in [0.1, 0.15) is 33.6 Å². The van der Waals surface area contributed by atoms with Gasteiger partial charge in [0.05, 0.1) is 0 Å². The van der Waals surface area contributed by atoms with Crippen molar-refractivity contribution in [2.45, 2.75) is 39.7 Å². The first-order valence-corrected chi connectivity index (χ1v) is 5.53. The molecule has 2 rings (SSSR count). The van der Waals surface area contributed by atoms with Crippen LogP contribution in [0.2, 0.25) is 0 Å². The third-order valence-corrected chi connectivity index (χ3v) is 3.47. The van der Waals surface area contributed by atoms with Crippen molar-refractivity contribution in [3.63, 3.8) is 0 Å². The number of barbiturate groups is 1. The summed E-state index contributed by atoms with van der Waals surface area (Å²) in [7, 11) is 0. The summed E-state index contributed by atoms with van der Waals surface area (Å²) in [6, 6.07) is -0.596. The summed E-state index contributed by atoms with van der Waals surface area (Å²) in [5.74, 6) is -0.337. The van der Waals surface area contributed by atoms with E-state index in [0.717, 1.165) is 12.8 Å². The Hall–Kier alpha value is -1.39. The molecule has 1 saturated carbocycles. The number of urea groups is 1. The summed E-state index contributed by atoms with van der Waals surface area (Å²) in [6.45, 7) is 5.18. The number of amides is 4. The summed E-state index contributed by atoms with van der Waals surface area (Å²) < 4.78 is 0. The van der Waals surface area contributed by atoms with Crippen molar-refractivity contribution in [2.24, 2.45) is 11.3 Å². The number of carbonyl (C=O) groups is 3. The third kappa shape index (κ3) is 1.42. The topological polar surface area (TPSA) is 66.5 Å². The maximum atomic E-state index is 12.1. The second-order valence-corrected chi connectivity index (χ2v) is 5.29. The van der Waals surface area contributed by atoms with Gasteiger partial charge in [-0.1, -0.05) is 6.92 Å². The van der Waals surface area contributed by atoms with E-state index in [2.05, 4.69) is 12.2 Å². The summed E-state index contributed by atoms with van der Waals surface area (Å²) in [6.07, 6.45) is 1.67. The molecule has 0 radical (unpaired) electrons. The highest BCUT2D eigenvalue weighted by Crippen LogP contribution is 2.35. The molecule has 2 fully saturated rings. The highest BCUT2D eigenvalue weighted by Gasteiger charge is 2.50. The Balaban J connectivity index is 2.22. The van der Waals surface area contributed by atoms with Crippen LogP contribution in [0.4, 0.5) is 4.79 Å². The molecule has 1 aliphatic carbocycles. The van der Waals surface area contributed by atoms with E-state index in [1.165, 1.54) is 4.90 Å². The lowest BCUT2D eigenvalue weighted by molar-refractivity contribution is -0.152. The molecule has 1 heterocycles. The Morgan fingerprint density at radius 3 is 2.31 bits per heavy atom. The van der Waals surface area contributed by atoms with Gasteiger partial charge < -0.3 is 0 Å². The summed E-state index contributed by atoms with van der Waals surface area (Å²) in [5.41, 5.74) is -1.13. The summed E-state index contributed by atoms with van der Waals surface area (Å²) in [5, 5.41) is 2.24. The van der Waals surface area contributed by atoms with Crippen molar-refractivity contribution in [3.8, 4) is 0 Å². The number of carbonyl (C=O) groups excluding carboxylic acids is 3. The molecule has 0 aromatic carbocycles. The number of hydrogen-bond donors (Lipinski definition) is 1. The number of hydrogen-bond acceptors (Lipinski definition) is 3. The van der Waals surface area contributed by atoms with Gasteiger partial charge in [-0.3, -0.25) is 19.8 Å². The van der Waals surface area contributed by atoms with Gasteiger partial charge in [-0.2, -0.15) is 0 Å². The average molecular weight is 224 g/mol. The van der Waals surface area contributed by atoms with Crippen LogP contribution < -0.4 is 5.32 Å². The largest absolute Gasteiger partial charge is 0.331 e. The lowest BCUT2D eigenvalue weighted by Gasteiger charge is -2.44. The highest BCUT2D eigenvalue weighted by molar-refractivity contribution is 6.18. The molecule has 88 valence electrons. The number of imide groups is 2. The normalized spacial score (nSPS) is 33.4. The van der Waals surface area contributed by atoms with Gasteiger partial charge in [0.15, 0.2) is 0 Å². The van der Waals surface area contributed by atoms with Crippen molar-refractivity contribution in [1.82, 2.24) is 10.2 Å². The third-order valence-electron chi connectivity index (χ3n) is 3.47. The molecule has 1 aliphatic heterocycles. The second kappa shape index (κ2) is 3.30. The fourth-order valence-corrected chi connectivity index (χ4v) is 2.21. The Bertz CT molecular complexity index is 369. The quantitative estimate of drug-likeness (QED) is 0.673. The van der Waals surface area contributed by atoms with Gasteiger partial charge >= 0.3 is 6.03 Å². The molecule has 1 N–H and O–H groups in total. The molecule has 1 saturated heterocycles. The fraction of sp³-hybridized carbons (Fsp3) is 0.727. The first-order chi connectivity index (χ1) is 7.34. The van der Waals surface area contributed by atoms with E-state index < -0.39 is 17.4 Å². The van der Waals surface area contributed by atoms with Gasteiger partial charge in [0.1, 0.15) is 5.41 Å². The summed E-state index contributed by atoms with van der Waals surface area (Å²) >= 11 is 0. The molecule has 16 heavy (non-hydrogen) atoms. The molecule has 5 nitrogen and oxygen atoms in total. The highest BCUT2D eigenvalue weighted by atomic mass is 16.2. The first kappa shape index (κ1) is 11.1. The molecular weight excluding hydrogens is 208 g/mol. The molecule has 0 atom stereocenters. The van der Waals surface area contributed by atoms with Crippen molar-refractivity contribution in [3.05, 3.63) is 0 Å². The molecular formula is C11H16N2O3. The van der Waals surface area contributed by atoms with Crippen LogP contribution in [0.3, 0.4) is 0 Å². The zero-order chi connectivity index (χ0) is 12.1. The standard InChI is InChI=1S/C11H16N2O3/c1-6-4-7(5-6)13-9(15)11(2,3)8(14)12-10(13)16/h6-7H,4-5H2,1-3H3,(H,12,14,16). The monoisotopic (exact) mass is 224 g/mol.